The number of carbonyl (C=O) groups is 2. The predicted molar refractivity (Wildman–Crippen MR) is 113 cm³/mol. The summed E-state index contributed by atoms with van der Waals surface area (Å²) in [6.07, 6.45) is 0.572. The molecule has 1 saturated heterocycles. The van der Waals surface area contributed by atoms with Crippen LogP contribution in [0.3, 0.4) is 0 Å². The number of nitro benzene ring substituents is 1. The summed E-state index contributed by atoms with van der Waals surface area (Å²) in [4.78, 5) is 36.4. The lowest BCUT2D eigenvalue weighted by atomic mass is 10.2. The molecule has 1 atom stereocenters. The zero-order valence-electron chi connectivity index (χ0n) is 16.9. The molecule has 2 aromatic carbocycles. The van der Waals surface area contributed by atoms with Gasteiger partial charge < -0.3 is 13.7 Å². The number of nitro groups is 1. The summed E-state index contributed by atoms with van der Waals surface area (Å²) >= 11 is 1.02. The van der Waals surface area contributed by atoms with Crippen LogP contribution in [0.1, 0.15) is 24.0 Å². The standard InChI is InChI=1S/C21H22N2O7S/c1-28-18-10-6-16(7-11-18)14-31-30-20(24)19-3-2-12-22(19)21(25)29-13-15-4-8-17(9-5-15)23(26)27/h4-11,19H,2-3,12-14H2,1H3/t19-/m0/s1. The zero-order chi connectivity index (χ0) is 22.2. The minimum absolute atomic E-state index is 0.0374. The van der Waals surface area contributed by atoms with E-state index in [9.17, 15) is 19.7 Å². The maximum atomic E-state index is 12.5. The smallest absolute Gasteiger partial charge is 0.410 e. The second-order valence-corrected chi connectivity index (χ2v) is 7.53. The van der Waals surface area contributed by atoms with Gasteiger partial charge in [0, 0.05) is 18.7 Å². The summed E-state index contributed by atoms with van der Waals surface area (Å²) < 4.78 is 15.7. The molecule has 3 rings (SSSR count). The third-order valence-corrected chi connectivity index (χ3v) is 5.53. The first-order chi connectivity index (χ1) is 15.0. The number of non-ortho nitro benzene ring substituents is 1. The normalized spacial score (nSPS) is 15.4. The van der Waals surface area contributed by atoms with Crippen LogP contribution in [-0.4, -0.2) is 41.6 Å². The van der Waals surface area contributed by atoms with E-state index in [0.717, 1.165) is 23.4 Å². The Kier molecular flexibility index (Phi) is 7.71. The third kappa shape index (κ3) is 6.11. The second-order valence-electron chi connectivity index (χ2n) is 6.84. The fourth-order valence-electron chi connectivity index (χ4n) is 3.11. The molecule has 1 heterocycles. The number of benzene rings is 2. The Bertz CT molecular complexity index is 918. The molecule has 1 aliphatic rings. The Morgan fingerprint density at radius 1 is 1.13 bits per heavy atom. The van der Waals surface area contributed by atoms with Gasteiger partial charge in [0.15, 0.2) is 0 Å². The van der Waals surface area contributed by atoms with Crippen molar-refractivity contribution < 1.29 is 28.2 Å². The Morgan fingerprint density at radius 2 is 1.81 bits per heavy atom. The molecular formula is C21H22N2O7S. The van der Waals surface area contributed by atoms with Gasteiger partial charge in [0.1, 0.15) is 18.4 Å². The summed E-state index contributed by atoms with van der Waals surface area (Å²) in [6, 6.07) is 12.5. The monoisotopic (exact) mass is 446 g/mol. The van der Waals surface area contributed by atoms with Crippen LogP contribution in [0.25, 0.3) is 0 Å². The zero-order valence-corrected chi connectivity index (χ0v) is 17.7. The summed E-state index contributed by atoms with van der Waals surface area (Å²) in [7, 11) is 1.59. The molecule has 0 unspecified atom stereocenters. The predicted octanol–water partition coefficient (Wildman–Crippen LogP) is 4.10. The number of amides is 1. The Morgan fingerprint density at radius 3 is 2.45 bits per heavy atom. The average molecular weight is 446 g/mol. The van der Waals surface area contributed by atoms with Gasteiger partial charge >= 0.3 is 12.1 Å². The summed E-state index contributed by atoms with van der Waals surface area (Å²) in [5, 5.41) is 10.7. The molecule has 10 heteroatoms. The molecule has 0 bridgehead atoms. The molecule has 2 aromatic rings. The van der Waals surface area contributed by atoms with Crippen LogP contribution >= 0.6 is 12.0 Å². The highest BCUT2D eigenvalue weighted by atomic mass is 32.2. The first-order valence-corrected chi connectivity index (χ1v) is 10.5. The van der Waals surface area contributed by atoms with Gasteiger partial charge in [-0.3, -0.25) is 15.0 Å². The minimum atomic E-state index is -0.687. The van der Waals surface area contributed by atoms with Gasteiger partial charge in [-0.2, -0.15) is 0 Å². The van der Waals surface area contributed by atoms with Crippen LogP contribution in [0, 0.1) is 10.1 Å². The van der Waals surface area contributed by atoms with E-state index in [1.165, 1.54) is 29.2 Å². The lowest BCUT2D eigenvalue weighted by Gasteiger charge is -2.22. The first kappa shape index (κ1) is 22.4. The van der Waals surface area contributed by atoms with E-state index in [0.29, 0.717) is 30.7 Å². The quantitative estimate of drug-likeness (QED) is 0.339. The molecule has 1 fully saturated rings. The van der Waals surface area contributed by atoms with Crippen molar-refractivity contribution in [3.05, 3.63) is 69.8 Å². The van der Waals surface area contributed by atoms with E-state index in [4.69, 9.17) is 13.7 Å². The molecule has 0 saturated carbocycles. The number of hydrogen-bond acceptors (Lipinski definition) is 8. The molecule has 31 heavy (non-hydrogen) atoms. The lowest BCUT2D eigenvalue weighted by Crippen LogP contribution is -2.41. The molecule has 164 valence electrons. The van der Waals surface area contributed by atoms with Gasteiger partial charge in [-0.15, -0.1) is 0 Å². The number of likely N-dealkylation sites (tertiary alicyclic amines) is 1. The Balaban J connectivity index is 1.46. The van der Waals surface area contributed by atoms with Crippen LogP contribution in [0.5, 0.6) is 5.75 Å². The summed E-state index contributed by atoms with van der Waals surface area (Å²) in [5.41, 5.74) is 1.56. The van der Waals surface area contributed by atoms with Crippen molar-refractivity contribution in [3.8, 4) is 5.75 Å². The van der Waals surface area contributed by atoms with E-state index in [1.807, 2.05) is 24.3 Å². The first-order valence-electron chi connectivity index (χ1n) is 9.61. The van der Waals surface area contributed by atoms with E-state index in [1.54, 1.807) is 7.11 Å². The van der Waals surface area contributed by atoms with Gasteiger partial charge in [-0.05, 0) is 48.2 Å². The fourth-order valence-corrected chi connectivity index (χ4v) is 3.72. The topological polar surface area (TPSA) is 108 Å². The maximum Gasteiger partial charge on any atom is 0.410 e. The van der Waals surface area contributed by atoms with Crippen LogP contribution in [-0.2, 0) is 26.1 Å². The van der Waals surface area contributed by atoms with Crippen LogP contribution in [0.15, 0.2) is 48.5 Å². The van der Waals surface area contributed by atoms with Crippen molar-refractivity contribution in [1.82, 2.24) is 4.90 Å². The molecular weight excluding hydrogens is 424 g/mol. The highest BCUT2D eigenvalue weighted by Crippen LogP contribution is 2.24. The van der Waals surface area contributed by atoms with Crippen molar-refractivity contribution >= 4 is 29.8 Å². The molecule has 0 aliphatic carbocycles. The number of hydrogen-bond donors (Lipinski definition) is 0. The number of methoxy groups -OCH3 is 1. The van der Waals surface area contributed by atoms with Gasteiger partial charge in [0.2, 0.25) is 0 Å². The number of carbonyl (C=O) groups excluding carboxylic acids is 2. The maximum absolute atomic E-state index is 12.5. The molecule has 0 N–H and O–H groups in total. The van der Waals surface area contributed by atoms with Crippen LogP contribution in [0.2, 0.25) is 0 Å². The SMILES string of the molecule is COc1ccc(CSOC(=O)[C@@H]2CCCN2C(=O)OCc2ccc([N+](=O)[O-])cc2)cc1. The van der Waals surface area contributed by atoms with E-state index < -0.39 is 23.0 Å². The Hall–Kier alpha value is -3.27. The summed E-state index contributed by atoms with van der Waals surface area (Å²) in [6.45, 7) is 0.364. The lowest BCUT2D eigenvalue weighted by molar-refractivity contribution is -0.384. The van der Waals surface area contributed by atoms with E-state index in [-0.39, 0.29) is 12.3 Å². The molecule has 1 amide bonds. The highest BCUT2D eigenvalue weighted by molar-refractivity contribution is 7.94. The minimum Gasteiger partial charge on any atom is -0.497 e. The van der Waals surface area contributed by atoms with Crippen molar-refractivity contribution in [2.75, 3.05) is 13.7 Å². The van der Waals surface area contributed by atoms with E-state index in [2.05, 4.69) is 0 Å². The van der Waals surface area contributed by atoms with Crippen molar-refractivity contribution in [1.29, 1.82) is 0 Å². The Labute approximate surface area is 183 Å². The van der Waals surface area contributed by atoms with Crippen molar-refractivity contribution in [3.63, 3.8) is 0 Å². The number of nitrogens with zero attached hydrogens (tertiary/aromatic N) is 2. The molecule has 1 aliphatic heterocycles. The molecule has 0 aromatic heterocycles. The van der Waals surface area contributed by atoms with Crippen molar-refractivity contribution in [2.24, 2.45) is 0 Å². The van der Waals surface area contributed by atoms with E-state index >= 15 is 0 Å². The van der Waals surface area contributed by atoms with Crippen molar-refractivity contribution in [2.45, 2.75) is 31.2 Å². The largest absolute Gasteiger partial charge is 0.497 e. The highest BCUT2D eigenvalue weighted by Gasteiger charge is 2.36. The fraction of sp³-hybridized carbons (Fsp3) is 0.333. The second kappa shape index (κ2) is 10.7. The third-order valence-electron chi connectivity index (χ3n) is 4.79. The number of ether oxygens (including phenoxy) is 2. The van der Waals surface area contributed by atoms with Crippen LogP contribution in [0.4, 0.5) is 10.5 Å². The van der Waals surface area contributed by atoms with Gasteiger partial charge in [-0.1, -0.05) is 12.1 Å². The average Bonchev–Trinajstić information content (AvgIpc) is 3.28. The van der Waals surface area contributed by atoms with Gasteiger partial charge in [0.05, 0.1) is 29.8 Å². The molecule has 9 nitrogen and oxygen atoms in total. The van der Waals surface area contributed by atoms with Gasteiger partial charge in [-0.25, -0.2) is 9.59 Å². The van der Waals surface area contributed by atoms with Crippen LogP contribution < -0.4 is 4.74 Å². The molecule has 0 radical (unpaired) electrons. The van der Waals surface area contributed by atoms with Gasteiger partial charge in [0.25, 0.3) is 5.69 Å². The molecule has 0 spiro atoms. The summed E-state index contributed by atoms with van der Waals surface area (Å²) in [5.74, 6) is 0.746. The number of rotatable bonds is 8.